The molecule has 2 N–H and O–H groups in total. The number of amides is 2. The molecule has 6 heteroatoms. The molecule has 0 radical (unpaired) electrons. The van der Waals surface area contributed by atoms with Crippen LogP contribution in [-0.2, 0) is 9.59 Å². The van der Waals surface area contributed by atoms with Gasteiger partial charge in [-0.3, -0.25) is 9.59 Å². The van der Waals surface area contributed by atoms with Crippen molar-refractivity contribution in [1.82, 2.24) is 4.98 Å². The smallest absolute Gasteiger partial charge is 0.226 e. The fraction of sp³-hybridized carbons (Fsp3) is 0.400. The Morgan fingerprint density at radius 3 is 2.76 bits per heavy atom. The number of anilines is 2. The minimum atomic E-state index is -0.108. The average Bonchev–Trinajstić information content (AvgIpc) is 2.79. The number of rotatable bonds is 6. The van der Waals surface area contributed by atoms with Gasteiger partial charge in [0.25, 0.3) is 0 Å². The molecular formula is C15H19N3O2S. The molecule has 2 aromatic rings. The second kappa shape index (κ2) is 7.17. The lowest BCUT2D eigenvalue weighted by atomic mass is 10.2. The fourth-order valence-corrected chi connectivity index (χ4v) is 2.90. The quantitative estimate of drug-likeness (QED) is 0.798. The van der Waals surface area contributed by atoms with E-state index in [1.165, 1.54) is 18.3 Å². The molecule has 0 saturated heterocycles. The van der Waals surface area contributed by atoms with Crippen LogP contribution >= 0.6 is 11.3 Å². The van der Waals surface area contributed by atoms with Crippen molar-refractivity contribution in [3.8, 4) is 0 Å². The fourth-order valence-electron chi connectivity index (χ4n) is 1.98. The molecule has 0 aliphatic carbocycles. The van der Waals surface area contributed by atoms with Gasteiger partial charge in [0.05, 0.1) is 10.2 Å². The van der Waals surface area contributed by atoms with Crippen molar-refractivity contribution >= 4 is 44.2 Å². The van der Waals surface area contributed by atoms with E-state index in [9.17, 15) is 9.59 Å². The summed E-state index contributed by atoms with van der Waals surface area (Å²) in [5.41, 5.74) is 1.55. The zero-order valence-electron chi connectivity index (χ0n) is 12.2. The van der Waals surface area contributed by atoms with Crippen molar-refractivity contribution < 1.29 is 9.59 Å². The zero-order valence-corrected chi connectivity index (χ0v) is 13.0. The maximum atomic E-state index is 11.8. The largest absolute Gasteiger partial charge is 0.326 e. The number of unbranched alkanes of at least 4 members (excludes halogenated alkanes) is 2. The third-order valence-corrected chi connectivity index (χ3v) is 3.90. The molecule has 1 heterocycles. The summed E-state index contributed by atoms with van der Waals surface area (Å²) in [6, 6.07) is 5.50. The van der Waals surface area contributed by atoms with Crippen LogP contribution in [0.5, 0.6) is 0 Å². The summed E-state index contributed by atoms with van der Waals surface area (Å²) in [6.07, 6.45) is 3.59. The van der Waals surface area contributed by atoms with Crippen LogP contribution in [0.2, 0.25) is 0 Å². The maximum absolute atomic E-state index is 11.8. The molecule has 0 saturated carbocycles. The lowest BCUT2D eigenvalue weighted by molar-refractivity contribution is -0.116. The Morgan fingerprint density at radius 2 is 2.05 bits per heavy atom. The number of benzene rings is 1. The number of hydrogen-bond acceptors (Lipinski definition) is 4. The van der Waals surface area contributed by atoms with Crippen molar-refractivity contribution in [3.05, 3.63) is 18.2 Å². The SMILES string of the molecule is CCCCCC(=O)Nc1nc2ccc(NC(C)=O)cc2s1. The van der Waals surface area contributed by atoms with Crippen LogP contribution in [0.3, 0.4) is 0 Å². The van der Waals surface area contributed by atoms with Gasteiger partial charge < -0.3 is 10.6 Å². The van der Waals surface area contributed by atoms with Gasteiger partial charge in [-0.2, -0.15) is 0 Å². The van der Waals surface area contributed by atoms with Crippen LogP contribution in [0.25, 0.3) is 10.2 Å². The normalized spacial score (nSPS) is 10.6. The highest BCUT2D eigenvalue weighted by atomic mass is 32.1. The van der Waals surface area contributed by atoms with Gasteiger partial charge in [-0.25, -0.2) is 4.98 Å². The monoisotopic (exact) mass is 305 g/mol. The molecule has 0 aliphatic heterocycles. The first-order valence-electron chi connectivity index (χ1n) is 7.06. The highest BCUT2D eigenvalue weighted by Gasteiger charge is 2.08. The van der Waals surface area contributed by atoms with E-state index >= 15 is 0 Å². The molecule has 1 aromatic carbocycles. The number of fused-ring (bicyclic) bond motifs is 1. The molecule has 2 rings (SSSR count). The second-order valence-corrected chi connectivity index (χ2v) is 5.92. The van der Waals surface area contributed by atoms with Crippen molar-refractivity contribution in [1.29, 1.82) is 0 Å². The molecule has 0 spiro atoms. The molecular weight excluding hydrogens is 286 g/mol. The number of carbonyl (C=O) groups is 2. The Balaban J connectivity index is 2.04. The van der Waals surface area contributed by atoms with Crippen molar-refractivity contribution in [2.24, 2.45) is 0 Å². The molecule has 0 atom stereocenters. The van der Waals surface area contributed by atoms with Crippen LogP contribution < -0.4 is 10.6 Å². The molecule has 0 aliphatic rings. The molecule has 21 heavy (non-hydrogen) atoms. The summed E-state index contributed by atoms with van der Waals surface area (Å²) in [5, 5.41) is 6.17. The van der Waals surface area contributed by atoms with Gasteiger partial charge in [0.2, 0.25) is 11.8 Å². The highest BCUT2D eigenvalue weighted by Crippen LogP contribution is 2.28. The van der Waals surface area contributed by atoms with Gasteiger partial charge >= 0.3 is 0 Å². The minimum absolute atomic E-state index is 0.00425. The minimum Gasteiger partial charge on any atom is -0.326 e. The Kier molecular flexibility index (Phi) is 5.27. The lowest BCUT2D eigenvalue weighted by Crippen LogP contribution is -2.10. The predicted molar refractivity (Wildman–Crippen MR) is 86.7 cm³/mol. The summed E-state index contributed by atoms with van der Waals surface area (Å²) >= 11 is 1.41. The van der Waals surface area contributed by atoms with Gasteiger partial charge in [-0.1, -0.05) is 31.1 Å². The summed E-state index contributed by atoms with van der Waals surface area (Å²) < 4.78 is 0.935. The third-order valence-electron chi connectivity index (χ3n) is 2.96. The van der Waals surface area contributed by atoms with E-state index in [1.807, 2.05) is 12.1 Å². The van der Waals surface area contributed by atoms with Gasteiger partial charge in [0, 0.05) is 19.0 Å². The lowest BCUT2D eigenvalue weighted by Gasteiger charge is -2.00. The van der Waals surface area contributed by atoms with Crippen molar-refractivity contribution in [2.75, 3.05) is 10.6 Å². The number of aromatic nitrogens is 1. The van der Waals surface area contributed by atoms with Crippen LogP contribution in [-0.4, -0.2) is 16.8 Å². The second-order valence-electron chi connectivity index (χ2n) is 4.89. The number of carbonyl (C=O) groups excluding carboxylic acids is 2. The van der Waals surface area contributed by atoms with E-state index in [0.717, 1.165) is 35.2 Å². The van der Waals surface area contributed by atoms with E-state index in [4.69, 9.17) is 0 Å². The zero-order chi connectivity index (χ0) is 15.2. The number of thiazole rings is 1. The van der Waals surface area contributed by atoms with Gasteiger partial charge in [-0.05, 0) is 24.6 Å². The molecule has 2 amide bonds. The topological polar surface area (TPSA) is 71.1 Å². The summed E-state index contributed by atoms with van der Waals surface area (Å²) in [4.78, 5) is 27.2. The van der Waals surface area contributed by atoms with Crippen molar-refractivity contribution in [3.63, 3.8) is 0 Å². The number of hydrogen-bond donors (Lipinski definition) is 2. The Bertz CT molecular complexity index is 651. The first-order valence-corrected chi connectivity index (χ1v) is 7.88. The van der Waals surface area contributed by atoms with Gasteiger partial charge in [0.1, 0.15) is 0 Å². The van der Waals surface area contributed by atoms with Crippen molar-refractivity contribution in [2.45, 2.75) is 39.5 Å². The summed E-state index contributed by atoms with van der Waals surface area (Å²) in [5.74, 6) is -0.104. The predicted octanol–water partition coefficient (Wildman–Crippen LogP) is 3.77. The van der Waals surface area contributed by atoms with E-state index in [0.29, 0.717) is 11.6 Å². The number of nitrogens with one attached hydrogen (secondary N) is 2. The van der Waals surface area contributed by atoms with Gasteiger partial charge in [-0.15, -0.1) is 0 Å². The summed E-state index contributed by atoms with van der Waals surface area (Å²) in [7, 11) is 0. The Hall–Kier alpha value is -1.95. The molecule has 5 nitrogen and oxygen atoms in total. The van der Waals surface area contributed by atoms with Crippen LogP contribution in [0, 0.1) is 0 Å². The maximum Gasteiger partial charge on any atom is 0.226 e. The molecule has 0 unspecified atom stereocenters. The van der Waals surface area contributed by atoms with E-state index in [2.05, 4.69) is 22.5 Å². The van der Waals surface area contributed by atoms with Crippen LogP contribution in [0.15, 0.2) is 18.2 Å². The molecule has 112 valence electrons. The van der Waals surface area contributed by atoms with Gasteiger partial charge in [0.15, 0.2) is 5.13 Å². The Labute approximate surface area is 127 Å². The number of nitrogens with zero attached hydrogens (tertiary/aromatic N) is 1. The molecule has 0 bridgehead atoms. The van der Waals surface area contributed by atoms with E-state index < -0.39 is 0 Å². The average molecular weight is 305 g/mol. The summed E-state index contributed by atoms with van der Waals surface area (Å²) in [6.45, 7) is 3.58. The van der Waals surface area contributed by atoms with E-state index in [1.54, 1.807) is 6.07 Å². The third kappa shape index (κ3) is 4.53. The van der Waals surface area contributed by atoms with Crippen LogP contribution in [0.4, 0.5) is 10.8 Å². The van der Waals surface area contributed by atoms with E-state index in [-0.39, 0.29) is 11.8 Å². The highest BCUT2D eigenvalue weighted by molar-refractivity contribution is 7.22. The first-order chi connectivity index (χ1) is 10.1. The van der Waals surface area contributed by atoms with Crippen LogP contribution in [0.1, 0.15) is 39.5 Å². The standard InChI is InChI=1S/C15H19N3O2S/c1-3-4-5-6-14(20)18-15-17-12-8-7-11(16-10(2)19)9-13(12)21-15/h7-9H,3-6H2,1-2H3,(H,16,19)(H,17,18,20). The Morgan fingerprint density at radius 1 is 1.24 bits per heavy atom. The first kappa shape index (κ1) is 15.4. The molecule has 1 aromatic heterocycles. The molecule has 0 fully saturated rings.